The summed E-state index contributed by atoms with van der Waals surface area (Å²) in [4.78, 5) is 22.7. The van der Waals surface area contributed by atoms with Crippen LogP contribution < -0.4 is 0 Å². The third kappa shape index (κ3) is 46.4. The maximum absolute atomic E-state index is 12.7. The van der Waals surface area contributed by atoms with Crippen molar-refractivity contribution in [2.45, 2.75) is 257 Å². The van der Waals surface area contributed by atoms with E-state index in [1.54, 1.807) is 0 Å². The second-order valence-electron chi connectivity index (χ2n) is 17.2. The molecule has 0 saturated carbocycles. The average molecular weight is 873 g/mol. The quantitative estimate of drug-likeness (QED) is 0.0237. The van der Waals surface area contributed by atoms with Crippen LogP contribution in [-0.4, -0.2) is 66.3 Å². The molecule has 0 saturated heterocycles. The van der Waals surface area contributed by atoms with E-state index in [-0.39, 0.29) is 25.6 Å². The van der Waals surface area contributed by atoms with E-state index in [9.17, 15) is 19.4 Å². The zero-order chi connectivity index (χ0) is 43.9. The minimum atomic E-state index is -4.52. The van der Waals surface area contributed by atoms with Gasteiger partial charge in [0.05, 0.1) is 26.4 Å². The summed E-state index contributed by atoms with van der Waals surface area (Å²) in [7, 11) is -4.52. The third-order valence-corrected chi connectivity index (χ3v) is 12.1. The highest BCUT2D eigenvalue weighted by atomic mass is 31.2. The fourth-order valence-corrected chi connectivity index (χ4v) is 8.06. The number of aliphatic hydroxyl groups is 2. The third-order valence-electron chi connectivity index (χ3n) is 11.1. The Morgan fingerprint density at radius 1 is 0.517 bits per heavy atom. The van der Waals surface area contributed by atoms with Crippen molar-refractivity contribution >= 4 is 13.8 Å². The van der Waals surface area contributed by atoms with Crippen LogP contribution >= 0.6 is 7.82 Å². The van der Waals surface area contributed by atoms with E-state index in [1.807, 2.05) is 0 Å². The largest absolute Gasteiger partial charge is 0.472 e. The van der Waals surface area contributed by atoms with Gasteiger partial charge in [-0.3, -0.25) is 13.8 Å². The number of phosphoric acid groups is 1. The minimum Gasteiger partial charge on any atom is -0.457 e. The predicted molar refractivity (Wildman–Crippen MR) is 251 cm³/mol. The Hall–Kier alpha value is -1.06. The Morgan fingerprint density at radius 2 is 0.900 bits per heavy atom. The summed E-state index contributed by atoms with van der Waals surface area (Å²) in [5, 5.41) is 18.4. The maximum atomic E-state index is 12.7. The highest BCUT2D eigenvalue weighted by Crippen LogP contribution is 2.43. The first-order valence-corrected chi connectivity index (χ1v) is 26.8. The number of ether oxygens (including phenoxy) is 2. The van der Waals surface area contributed by atoms with E-state index in [0.717, 1.165) is 51.4 Å². The molecule has 0 aliphatic carbocycles. The molecule has 0 heterocycles. The Kier molecular flexibility index (Phi) is 46.6. The number of hydrogen-bond donors (Lipinski definition) is 3. The first-order chi connectivity index (χ1) is 29.3. The molecule has 3 atom stereocenters. The minimum absolute atomic E-state index is 0.0464. The summed E-state index contributed by atoms with van der Waals surface area (Å²) in [5.74, 6) is -0.381. The van der Waals surface area contributed by atoms with Crippen LogP contribution in [0.15, 0.2) is 24.3 Å². The molecule has 0 fully saturated rings. The van der Waals surface area contributed by atoms with E-state index in [0.29, 0.717) is 6.61 Å². The zero-order valence-corrected chi connectivity index (χ0v) is 40.1. The molecule has 10 heteroatoms. The molecule has 0 aliphatic heterocycles. The molecule has 3 unspecified atom stereocenters. The van der Waals surface area contributed by atoms with Gasteiger partial charge in [-0.1, -0.05) is 218 Å². The first-order valence-electron chi connectivity index (χ1n) is 25.3. The van der Waals surface area contributed by atoms with Gasteiger partial charge < -0.3 is 24.6 Å². The van der Waals surface area contributed by atoms with Crippen molar-refractivity contribution in [2.75, 3.05) is 33.0 Å². The smallest absolute Gasteiger partial charge is 0.457 e. The van der Waals surface area contributed by atoms with Gasteiger partial charge in [0.2, 0.25) is 0 Å². The van der Waals surface area contributed by atoms with E-state index >= 15 is 0 Å². The van der Waals surface area contributed by atoms with Gasteiger partial charge in [0.1, 0.15) is 12.2 Å². The van der Waals surface area contributed by atoms with E-state index in [2.05, 4.69) is 38.2 Å². The topological polar surface area (TPSA) is 132 Å². The summed E-state index contributed by atoms with van der Waals surface area (Å²) in [6, 6.07) is 0. The van der Waals surface area contributed by atoms with Crippen molar-refractivity contribution in [1.29, 1.82) is 0 Å². The molecular weight excluding hydrogens is 776 g/mol. The van der Waals surface area contributed by atoms with Crippen LogP contribution in [0, 0.1) is 0 Å². The van der Waals surface area contributed by atoms with Crippen molar-refractivity contribution < 1.29 is 43.0 Å². The molecule has 0 bridgehead atoms. The molecule has 0 aliphatic rings. The van der Waals surface area contributed by atoms with Gasteiger partial charge in [0.25, 0.3) is 0 Å². The fourth-order valence-electron chi connectivity index (χ4n) is 7.27. The Labute approximate surface area is 370 Å². The lowest BCUT2D eigenvalue weighted by atomic mass is 10.0. The van der Waals surface area contributed by atoms with Crippen molar-refractivity contribution in [2.24, 2.45) is 0 Å². The van der Waals surface area contributed by atoms with Gasteiger partial charge in [-0.05, 0) is 44.9 Å². The fraction of sp³-hybridized carbons (Fsp3) is 0.900. The molecule has 0 aromatic heterocycles. The molecular formula is C50H97O9P. The highest BCUT2D eigenvalue weighted by Gasteiger charge is 2.26. The number of unbranched alkanes of at least 4 members (excludes halogenated alkanes) is 31. The maximum Gasteiger partial charge on any atom is 0.472 e. The number of rotatable bonds is 49. The van der Waals surface area contributed by atoms with Gasteiger partial charge in [-0.25, -0.2) is 4.57 Å². The molecule has 3 N–H and O–H groups in total. The van der Waals surface area contributed by atoms with Gasteiger partial charge in [0.15, 0.2) is 0 Å². The number of phosphoric ester groups is 1. The lowest BCUT2D eigenvalue weighted by molar-refractivity contribution is -0.154. The number of carbonyl (C=O) groups is 1. The molecule has 0 amide bonds. The number of carbonyl (C=O) groups excluding carboxylic acids is 1. The average Bonchev–Trinajstić information content (AvgIpc) is 3.24. The monoisotopic (exact) mass is 873 g/mol. The number of allylic oxidation sites excluding steroid dienone is 4. The summed E-state index contributed by atoms with van der Waals surface area (Å²) in [6.45, 7) is 3.53. The molecule has 356 valence electrons. The summed E-state index contributed by atoms with van der Waals surface area (Å²) < 4.78 is 33.5. The van der Waals surface area contributed by atoms with Gasteiger partial charge in [-0.15, -0.1) is 0 Å². The predicted octanol–water partition coefficient (Wildman–Crippen LogP) is 14.6. The van der Waals surface area contributed by atoms with Crippen molar-refractivity contribution in [3.8, 4) is 0 Å². The Bertz CT molecular complexity index is 991. The molecule has 60 heavy (non-hydrogen) atoms. The lowest BCUT2D eigenvalue weighted by Crippen LogP contribution is -2.29. The van der Waals surface area contributed by atoms with E-state index in [1.165, 1.54) is 173 Å². The second-order valence-corrected chi connectivity index (χ2v) is 18.6. The normalized spacial score (nSPS) is 14.0. The SMILES string of the molecule is CCCCCC/C=C\C/C=C\CCCCCCCCOCC(COP(=O)(O)OCC(O)CO)OC(=O)CCCCCCCCCCCCCCCCCCCCCCCC. The molecule has 0 rings (SSSR count). The molecule has 9 nitrogen and oxygen atoms in total. The van der Waals surface area contributed by atoms with Gasteiger partial charge >= 0.3 is 13.8 Å². The highest BCUT2D eigenvalue weighted by molar-refractivity contribution is 7.47. The van der Waals surface area contributed by atoms with E-state index < -0.39 is 33.2 Å². The van der Waals surface area contributed by atoms with Crippen molar-refractivity contribution in [1.82, 2.24) is 0 Å². The standard InChI is InChI=1S/C50H97O9P/c1-3-5-7-9-11-13-15-17-19-21-22-23-24-25-26-28-30-32-34-36-38-40-42-50(53)59-49(47-58-60(54,55)57-45-48(52)44-51)46-56-43-41-39-37-35-33-31-29-27-20-18-16-14-12-10-8-6-4-2/h14,16,20,27,48-49,51-52H,3-13,15,17-19,21-26,28-47H2,1-2H3,(H,54,55)/b16-14-,27-20-. The molecule has 0 radical (unpaired) electrons. The number of aliphatic hydroxyl groups excluding tert-OH is 2. The molecule has 0 spiro atoms. The van der Waals surface area contributed by atoms with Crippen LogP contribution in [0.5, 0.6) is 0 Å². The lowest BCUT2D eigenvalue weighted by Gasteiger charge is -2.20. The van der Waals surface area contributed by atoms with Crippen LogP contribution in [0.4, 0.5) is 0 Å². The Morgan fingerprint density at radius 3 is 1.35 bits per heavy atom. The molecule has 0 aromatic rings. The second kappa shape index (κ2) is 47.4. The van der Waals surface area contributed by atoms with Crippen LogP contribution in [0.3, 0.4) is 0 Å². The summed E-state index contributed by atoms with van der Waals surface area (Å²) >= 11 is 0. The van der Waals surface area contributed by atoms with Crippen molar-refractivity contribution in [3.63, 3.8) is 0 Å². The van der Waals surface area contributed by atoms with Crippen LogP contribution in [-0.2, 0) is 27.9 Å². The zero-order valence-electron chi connectivity index (χ0n) is 39.2. The summed E-state index contributed by atoms with van der Waals surface area (Å²) in [5.41, 5.74) is 0. The van der Waals surface area contributed by atoms with Crippen molar-refractivity contribution in [3.05, 3.63) is 24.3 Å². The van der Waals surface area contributed by atoms with E-state index in [4.69, 9.17) is 23.6 Å². The molecule has 0 aromatic carbocycles. The van der Waals surface area contributed by atoms with Gasteiger partial charge in [0, 0.05) is 13.0 Å². The van der Waals surface area contributed by atoms with Gasteiger partial charge in [-0.2, -0.15) is 0 Å². The van der Waals surface area contributed by atoms with Crippen LogP contribution in [0.2, 0.25) is 0 Å². The first kappa shape index (κ1) is 58.9. The number of hydrogen-bond acceptors (Lipinski definition) is 8. The van der Waals surface area contributed by atoms with Crippen LogP contribution in [0.25, 0.3) is 0 Å². The van der Waals surface area contributed by atoms with Crippen LogP contribution in [0.1, 0.15) is 245 Å². The Balaban J connectivity index is 4.05. The summed E-state index contributed by atoms with van der Waals surface area (Å²) in [6.07, 6.45) is 51.4. The number of esters is 1.